The zero-order chi connectivity index (χ0) is 15.0. The zero-order valence-electron chi connectivity index (χ0n) is 12.3. The first kappa shape index (κ1) is 16.1. The molecule has 0 spiro atoms. The molecule has 0 aromatic heterocycles. The number of carbonyl (C=O) groups is 2. The number of methoxy groups -OCH3 is 1. The molecule has 0 amide bonds. The van der Waals surface area contributed by atoms with Crippen molar-refractivity contribution in [3.05, 3.63) is 29.3 Å². The van der Waals surface area contributed by atoms with E-state index in [0.717, 1.165) is 42.5 Å². The first-order valence-corrected chi connectivity index (χ1v) is 6.73. The number of aliphatic imine (C=N–C) groups is 1. The van der Waals surface area contributed by atoms with Crippen LogP contribution in [0.15, 0.2) is 23.2 Å². The number of hydrogen-bond donors (Lipinski definition) is 0. The van der Waals surface area contributed by atoms with Gasteiger partial charge < -0.3 is 4.74 Å². The summed E-state index contributed by atoms with van der Waals surface area (Å²) >= 11 is 0. The van der Waals surface area contributed by atoms with E-state index in [1.807, 2.05) is 26.0 Å². The molecule has 1 aromatic carbocycles. The topological polar surface area (TPSA) is 55.7 Å². The molecule has 4 nitrogen and oxygen atoms in total. The van der Waals surface area contributed by atoms with Crippen molar-refractivity contribution in [2.45, 2.75) is 39.5 Å². The lowest BCUT2D eigenvalue weighted by Crippen LogP contribution is -2.00. The summed E-state index contributed by atoms with van der Waals surface area (Å²) in [5.74, 6) is -0.167. The molecule has 0 fully saturated rings. The summed E-state index contributed by atoms with van der Waals surface area (Å²) < 4.78 is 4.59. The van der Waals surface area contributed by atoms with Gasteiger partial charge in [0.05, 0.1) is 12.8 Å². The van der Waals surface area contributed by atoms with Crippen molar-refractivity contribution < 1.29 is 14.3 Å². The van der Waals surface area contributed by atoms with Crippen LogP contribution in [0.5, 0.6) is 0 Å². The third-order valence-electron chi connectivity index (χ3n) is 3.07. The fraction of sp³-hybridized carbons (Fsp3) is 0.438. The Bertz CT molecular complexity index is 506. The number of aldehydes is 1. The molecule has 20 heavy (non-hydrogen) atoms. The molecule has 0 atom stereocenters. The van der Waals surface area contributed by atoms with Crippen LogP contribution >= 0.6 is 0 Å². The monoisotopic (exact) mass is 275 g/mol. The van der Waals surface area contributed by atoms with E-state index in [0.29, 0.717) is 12.0 Å². The van der Waals surface area contributed by atoms with Crippen molar-refractivity contribution in [2.24, 2.45) is 4.99 Å². The van der Waals surface area contributed by atoms with Crippen LogP contribution in [0.4, 0.5) is 5.69 Å². The molecule has 1 aromatic rings. The Morgan fingerprint density at radius 3 is 2.60 bits per heavy atom. The van der Waals surface area contributed by atoms with E-state index in [1.54, 1.807) is 6.07 Å². The first-order valence-electron chi connectivity index (χ1n) is 6.73. The molecule has 108 valence electrons. The van der Waals surface area contributed by atoms with Crippen molar-refractivity contribution in [3.8, 4) is 0 Å². The van der Waals surface area contributed by atoms with E-state index in [9.17, 15) is 9.59 Å². The Hall–Kier alpha value is -1.97. The molecule has 0 heterocycles. The van der Waals surface area contributed by atoms with Crippen molar-refractivity contribution in [1.29, 1.82) is 0 Å². The van der Waals surface area contributed by atoms with E-state index in [1.165, 1.54) is 7.11 Å². The number of carbonyl (C=O) groups excluding carboxylic acids is 2. The quantitative estimate of drug-likeness (QED) is 0.330. The van der Waals surface area contributed by atoms with Gasteiger partial charge in [0.25, 0.3) is 0 Å². The minimum absolute atomic E-state index is 0.167. The number of rotatable bonds is 7. The Morgan fingerprint density at radius 1 is 1.30 bits per heavy atom. The molecule has 0 saturated carbocycles. The van der Waals surface area contributed by atoms with Crippen LogP contribution < -0.4 is 0 Å². The van der Waals surface area contributed by atoms with E-state index < -0.39 is 0 Å². The van der Waals surface area contributed by atoms with E-state index in [-0.39, 0.29) is 5.97 Å². The minimum atomic E-state index is -0.167. The lowest BCUT2D eigenvalue weighted by atomic mass is 10.1. The molecule has 0 aliphatic carbocycles. The summed E-state index contributed by atoms with van der Waals surface area (Å²) in [6.45, 7) is 3.92. The number of unbranched alkanes of at least 4 members (excludes halogenated alkanes) is 1. The van der Waals surface area contributed by atoms with E-state index >= 15 is 0 Å². The van der Waals surface area contributed by atoms with Gasteiger partial charge in [0.15, 0.2) is 0 Å². The average molecular weight is 275 g/mol. The highest BCUT2D eigenvalue weighted by molar-refractivity contribution is 5.85. The Labute approximate surface area is 119 Å². The van der Waals surface area contributed by atoms with Gasteiger partial charge in [-0.2, -0.15) is 0 Å². The largest absolute Gasteiger partial charge is 0.469 e. The van der Waals surface area contributed by atoms with Crippen LogP contribution in [-0.4, -0.2) is 25.1 Å². The van der Waals surface area contributed by atoms with Gasteiger partial charge in [-0.3, -0.25) is 14.6 Å². The van der Waals surface area contributed by atoms with Crippen LogP contribution in [0.1, 0.15) is 48.5 Å². The first-order chi connectivity index (χ1) is 9.56. The molecule has 0 radical (unpaired) electrons. The number of hydrogen-bond acceptors (Lipinski definition) is 4. The molecule has 0 aliphatic rings. The van der Waals surface area contributed by atoms with E-state index in [2.05, 4.69) is 9.73 Å². The number of benzene rings is 1. The van der Waals surface area contributed by atoms with Crippen LogP contribution in [-0.2, 0) is 9.53 Å². The number of esters is 1. The Kier molecular flexibility index (Phi) is 6.64. The fourth-order valence-corrected chi connectivity index (χ4v) is 1.89. The summed E-state index contributed by atoms with van der Waals surface area (Å²) in [5, 5.41) is 0. The molecule has 0 saturated heterocycles. The van der Waals surface area contributed by atoms with Gasteiger partial charge in [0, 0.05) is 17.7 Å². The predicted octanol–water partition coefficient (Wildman–Crippen LogP) is 3.63. The second-order valence-electron chi connectivity index (χ2n) is 4.79. The summed E-state index contributed by atoms with van der Waals surface area (Å²) in [6, 6.07) is 5.46. The van der Waals surface area contributed by atoms with Crippen LogP contribution in [0.25, 0.3) is 0 Å². The molecule has 0 bridgehead atoms. The smallest absolute Gasteiger partial charge is 0.305 e. The van der Waals surface area contributed by atoms with Crippen molar-refractivity contribution in [1.82, 2.24) is 0 Å². The van der Waals surface area contributed by atoms with Crippen LogP contribution in [0.2, 0.25) is 0 Å². The maximum atomic E-state index is 11.0. The van der Waals surface area contributed by atoms with Crippen LogP contribution in [0.3, 0.4) is 0 Å². The summed E-state index contributed by atoms with van der Waals surface area (Å²) in [4.78, 5) is 26.2. The fourth-order valence-electron chi connectivity index (χ4n) is 1.89. The average Bonchev–Trinajstić information content (AvgIpc) is 2.45. The lowest BCUT2D eigenvalue weighted by Gasteiger charge is -2.04. The highest BCUT2D eigenvalue weighted by Gasteiger charge is 2.02. The summed E-state index contributed by atoms with van der Waals surface area (Å²) in [7, 11) is 1.40. The van der Waals surface area contributed by atoms with Gasteiger partial charge in [0.2, 0.25) is 0 Å². The second kappa shape index (κ2) is 8.25. The molecule has 1 rings (SSSR count). The van der Waals surface area contributed by atoms with Gasteiger partial charge in [-0.15, -0.1) is 0 Å². The SMILES string of the molecule is COC(=O)CCCCC(C)=Nc1ccc(C=O)cc1C. The highest BCUT2D eigenvalue weighted by Crippen LogP contribution is 2.20. The van der Waals surface area contributed by atoms with Gasteiger partial charge in [-0.05, 0) is 56.9 Å². The van der Waals surface area contributed by atoms with Crippen LogP contribution in [0, 0.1) is 6.92 Å². The molecule has 4 heteroatoms. The molecular formula is C16H21NO3. The molecular weight excluding hydrogens is 254 g/mol. The van der Waals surface area contributed by atoms with Gasteiger partial charge in [-0.25, -0.2) is 0 Å². The standard InChI is InChI=1S/C16H21NO3/c1-12-10-14(11-18)8-9-15(12)17-13(2)6-4-5-7-16(19)20-3/h8-11H,4-7H2,1-3H3. The van der Waals surface area contributed by atoms with Gasteiger partial charge >= 0.3 is 5.97 Å². The van der Waals surface area contributed by atoms with Gasteiger partial charge in [0.1, 0.15) is 6.29 Å². The minimum Gasteiger partial charge on any atom is -0.469 e. The van der Waals surface area contributed by atoms with Crippen molar-refractivity contribution in [2.75, 3.05) is 7.11 Å². The molecule has 0 unspecified atom stereocenters. The Morgan fingerprint density at radius 2 is 2.00 bits per heavy atom. The molecule has 0 aliphatic heterocycles. The Balaban J connectivity index is 2.52. The van der Waals surface area contributed by atoms with E-state index in [4.69, 9.17) is 0 Å². The highest BCUT2D eigenvalue weighted by atomic mass is 16.5. The maximum absolute atomic E-state index is 11.0. The summed E-state index contributed by atoms with van der Waals surface area (Å²) in [5.41, 5.74) is 3.57. The van der Waals surface area contributed by atoms with Crippen molar-refractivity contribution in [3.63, 3.8) is 0 Å². The van der Waals surface area contributed by atoms with Crippen molar-refractivity contribution >= 4 is 23.7 Å². The third-order valence-corrected chi connectivity index (χ3v) is 3.07. The number of nitrogens with zero attached hydrogens (tertiary/aromatic N) is 1. The summed E-state index contributed by atoms with van der Waals surface area (Å²) in [6.07, 6.45) is 3.86. The normalized spacial score (nSPS) is 11.2. The predicted molar refractivity (Wildman–Crippen MR) is 79.8 cm³/mol. The number of ether oxygens (including phenoxy) is 1. The third kappa shape index (κ3) is 5.34. The zero-order valence-corrected chi connectivity index (χ0v) is 12.3. The second-order valence-corrected chi connectivity index (χ2v) is 4.79. The maximum Gasteiger partial charge on any atom is 0.305 e. The number of aryl methyl sites for hydroxylation is 1. The lowest BCUT2D eigenvalue weighted by molar-refractivity contribution is -0.140. The molecule has 0 N–H and O–H groups in total. The van der Waals surface area contributed by atoms with Gasteiger partial charge in [-0.1, -0.05) is 0 Å².